The van der Waals surface area contributed by atoms with Crippen LogP contribution in [0.15, 0.2) is 18.2 Å². The van der Waals surface area contributed by atoms with Crippen molar-refractivity contribution < 1.29 is 9.18 Å². The van der Waals surface area contributed by atoms with Crippen LogP contribution in [0.4, 0.5) is 10.1 Å². The molecule has 0 radical (unpaired) electrons. The van der Waals surface area contributed by atoms with E-state index in [9.17, 15) is 9.18 Å². The molecule has 0 aliphatic carbocycles. The molecule has 1 aliphatic rings. The average Bonchev–Trinajstić information content (AvgIpc) is 2.33. The number of likely N-dealkylation sites (tertiary alicyclic amines) is 1. The van der Waals surface area contributed by atoms with Gasteiger partial charge in [-0.15, -0.1) is 0 Å². The van der Waals surface area contributed by atoms with Crippen molar-refractivity contribution >= 4 is 11.6 Å². The fourth-order valence-corrected chi connectivity index (χ4v) is 2.87. The summed E-state index contributed by atoms with van der Waals surface area (Å²) in [6.07, 6.45) is 1.13. The van der Waals surface area contributed by atoms with Crippen LogP contribution in [0.5, 0.6) is 0 Å². The summed E-state index contributed by atoms with van der Waals surface area (Å²) in [7, 11) is 0. The van der Waals surface area contributed by atoms with E-state index in [-0.39, 0.29) is 17.6 Å². The predicted molar refractivity (Wildman–Crippen MR) is 74.3 cm³/mol. The lowest BCUT2D eigenvalue weighted by Gasteiger charge is -2.41. The zero-order chi connectivity index (χ0) is 14.2. The number of nitrogen functional groups attached to an aromatic ring is 1. The van der Waals surface area contributed by atoms with Crippen LogP contribution in [0.25, 0.3) is 0 Å². The molecule has 2 N–H and O–H groups in total. The fourth-order valence-electron chi connectivity index (χ4n) is 2.87. The number of benzene rings is 1. The van der Waals surface area contributed by atoms with Crippen molar-refractivity contribution in [2.24, 2.45) is 11.8 Å². The smallest absolute Gasteiger partial charge is 0.256 e. The lowest BCUT2D eigenvalue weighted by atomic mass is 9.85. The van der Waals surface area contributed by atoms with Crippen LogP contribution in [0.3, 0.4) is 0 Å². The number of hydrogen-bond donors (Lipinski definition) is 1. The highest BCUT2D eigenvalue weighted by molar-refractivity contribution is 5.99. The van der Waals surface area contributed by atoms with Gasteiger partial charge in [0.05, 0.1) is 5.56 Å². The van der Waals surface area contributed by atoms with Crippen molar-refractivity contribution in [2.75, 3.05) is 12.3 Å². The monoisotopic (exact) mass is 264 g/mol. The summed E-state index contributed by atoms with van der Waals surface area (Å²) in [6.45, 7) is 7.11. The Balaban J connectivity index is 2.27. The summed E-state index contributed by atoms with van der Waals surface area (Å²) in [5.74, 6) is 0.442. The van der Waals surface area contributed by atoms with E-state index in [0.717, 1.165) is 13.0 Å². The van der Waals surface area contributed by atoms with Gasteiger partial charge in [-0.3, -0.25) is 4.79 Å². The van der Waals surface area contributed by atoms with Gasteiger partial charge in [-0.25, -0.2) is 4.39 Å². The SMILES string of the molecule is CC1CC(C)C(C)N(C(=O)c2ccc(F)cc2N)C1. The molecule has 0 bridgehead atoms. The van der Waals surface area contributed by atoms with Gasteiger partial charge in [0.2, 0.25) is 0 Å². The Kier molecular flexibility index (Phi) is 3.78. The molecule has 1 aliphatic heterocycles. The quantitative estimate of drug-likeness (QED) is 0.793. The molecule has 0 spiro atoms. The lowest BCUT2D eigenvalue weighted by Crippen LogP contribution is -2.49. The van der Waals surface area contributed by atoms with E-state index in [1.165, 1.54) is 18.2 Å². The van der Waals surface area contributed by atoms with Crippen LogP contribution in [-0.4, -0.2) is 23.4 Å². The first-order valence-corrected chi connectivity index (χ1v) is 6.76. The van der Waals surface area contributed by atoms with Gasteiger partial charge in [-0.05, 0) is 43.4 Å². The second kappa shape index (κ2) is 5.19. The van der Waals surface area contributed by atoms with Gasteiger partial charge in [-0.2, -0.15) is 0 Å². The van der Waals surface area contributed by atoms with Crippen molar-refractivity contribution in [3.8, 4) is 0 Å². The Hall–Kier alpha value is -1.58. The summed E-state index contributed by atoms with van der Waals surface area (Å²) in [5.41, 5.74) is 6.37. The molecule has 3 nitrogen and oxygen atoms in total. The molecule has 1 heterocycles. The highest BCUT2D eigenvalue weighted by atomic mass is 19.1. The van der Waals surface area contributed by atoms with Crippen LogP contribution in [-0.2, 0) is 0 Å². The molecule has 104 valence electrons. The van der Waals surface area contributed by atoms with Gasteiger partial charge in [0, 0.05) is 18.3 Å². The standard InChI is InChI=1S/C15H21FN2O/c1-9-6-10(2)11(3)18(8-9)15(19)13-5-4-12(16)7-14(13)17/h4-5,7,9-11H,6,8,17H2,1-3H3. The molecule has 4 heteroatoms. The molecule has 1 aromatic rings. The van der Waals surface area contributed by atoms with Crippen molar-refractivity contribution in [3.05, 3.63) is 29.6 Å². The maximum absolute atomic E-state index is 13.0. The summed E-state index contributed by atoms with van der Waals surface area (Å²) in [4.78, 5) is 14.4. The van der Waals surface area contributed by atoms with Gasteiger partial charge in [-0.1, -0.05) is 13.8 Å². The summed E-state index contributed by atoms with van der Waals surface area (Å²) >= 11 is 0. The Morgan fingerprint density at radius 1 is 1.37 bits per heavy atom. The van der Waals surface area contributed by atoms with Crippen LogP contribution in [0.2, 0.25) is 0 Å². The van der Waals surface area contributed by atoms with E-state index in [2.05, 4.69) is 20.8 Å². The second-order valence-corrected chi connectivity index (χ2v) is 5.75. The summed E-state index contributed by atoms with van der Waals surface area (Å²) in [5, 5.41) is 0. The first kappa shape index (κ1) is 13.8. The third-order valence-electron chi connectivity index (χ3n) is 4.10. The van der Waals surface area contributed by atoms with Crippen LogP contribution < -0.4 is 5.73 Å². The first-order valence-electron chi connectivity index (χ1n) is 6.76. The van der Waals surface area contributed by atoms with E-state index in [4.69, 9.17) is 5.73 Å². The zero-order valence-corrected chi connectivity index (χ0v) is 11.7. The van der Waals surface area contributed by atoms with Gasteiger partial charge in [0.1, 0.15) is 5.82 Å². The number of carbonyl (C=O) groups is 1. The number of carbonyl (C=O) groups excluding carboxylic acids is 1. The molecule has 1 amide bonds. The largest absolute Gasteiger partial charge is 0.398 e. The van der Waals surface area contributed by atoms with E-state index in [1.54, 1.807) is 0 Å². The molecular formula is C15H21FN2O. The van der Waals surface area contributed by atoms with E-state index < -0.39 is 5.82 Å². The van der Waals surface area contributed by atoms with Crippen molar-refractivity contribution in [1.82, 2.24) is 4.90 Å². The minimum atomic E-state index is -0.414. The number of hydrogen-bond acceptors (Lipinski definition) is 2. The number of anilines is 1. The van der Waals surface area contributed by atoms with Crippen LogP contribution >= 0.6 is 0 Å². The van der Waals surface area contributed by atoms with Gasteiger partial charge < -0.3 is 10.6 Å². The molecule has 2 rings (SSSR count). The van der Waals surface area contributed by atoms with E-state index in [0.29, 0.717) is 17.4 Å². The molecule has 1 saturated heterocycles. The average molecular weight is 264 g/mol. The van der Waals surface area contributed by atoms with Gasteiger partial charge in [0.25, 0.3) is 5.91 Å². The predicted octanol–water partition coefficient (Wildman–Crippen LogP) is 2.91. The minimum absolute atomic E-state index is 0.0941. The van der Waals surface area contributed by atoms with E-state index in [1.807, 2.05) is 4.90 Å². The molecular weight excluding hydrogens is 243 g/mol. The number of amides is 1. The van der Waals surface area contributed by atoms with Crippen molar-refractivity contribution in [2.45, 2.75) is 33.2 Å². The summed E-state index contributed by atoms with van der Waals surface area (Å²) in [6, 6.07) is 4.15. The molecule has 3 unspecified atom stereocenters. The van der Waals surface area contributed by atoms with Crippen LogP contribution in [0.1, 0.15) is 37.6 Å². The Labute approximate surface area is 113 Å². The number of rotatable bonds is 1. The van der Waals surface area contributed by atoms with Gasteiger partial charge in [0.15, 0.2) is 0 Å². The Morgan fingerprint density at radius 3 is 2.68 bits per heavy atom. The van der Waals surface area contributed by atoms with E-state index >= 15 is 0 Å². The third kappa shape index (κ3) is 2.72. The topological polar surface area (TPSA) is 46.3 Å². The number of piperidine rings is 1. The maximum Gasteiger partial charge on any atom is 0.256 e. The third-order valence-corrected chi connectivity index (χ3v) is 4.10. The second-order valence-electron chi connectivity index (χ2n) is 5.75. The number of nitrogens with zero attached hydrogens (tertiary/aromatic N) is 1. The van der Waals surface area contributed by atoms with Crippen molar-refractivity contribution in [3.63, 3.8) is 0 Å². The maximum atomic E-state index is 13.0. The normalized spacial score (nSPS) is 27.4. The lowest BCUT2D eigenvalue weighted by molar-refractivity contribution is 0.0456. The Morgan fingerprint density at radius 2 is 2.05 bits per heavy atom. The first-order chi connectivity index (χ1) is 8.90. The zero-order valence-electron chi connectivity index (χ0n) is 11.7. The highest BCUT2D eigenvalue weighted by Crippen LogP contribution is 2.29. The molecule has 3 atom stereocenters. The van der Waals surface area contributed by atoms with Crippen molar-refractivity contribution in [1.29, 1.82) is 0 Å². The summed E-state index contributed by atoms with van der Waals surface area (Å²) < 4.78 is 13.0. The molecule has 0 saturated carbocycles. The molecule has 19 heavy (non-hydrogen) atoms. The molecule has 1 fully saturated rings. The van der Waals surface area contributed by atoms with Gasteiger partial charge >= 0.3 is 0 Å². The highest BCUT2D eigenvalue weighted by Gasteiger charge is 2.32. The Bertz CT molecular complexity index is 489. The molecule has 0 aromatic heterocycles. The fraction of sp³-hybridized carbons (Fsp3) is 0.533. The minimum Gasteiger partial charge on any atom is -0.398 e. The number of nitrogens with two attached hydrogens (primary N) is 1. The molecule has 1 aromatic carbocycles. The van der Waals surface area contributed by atoms with Crippen LogP contribution in [0, 0.1) is 17.7 Å². The number of halogens is 1.